The Balaban J connectivity index is 0.000000433. The topological polar surface area (TPSA) is 92.3 Å². The van der Waals surface area contributed by atoms with Gasteiger partial charge in [0, 0.05) is 0 Å². The highest BCUT2D eigenvalue weighted by Gasteiger charge is 2.36. The van der Waals surface area contributed by atoms with Crippen molar-refractivity contribution in [1.29, 1.82) is 0 Å². The number of aromatic nitrogens is 2. The molecule has 1 aromatic heterocycles. The lowest BCUT2D eigenvalue weighted by Crippen LogP contribution is -2.36. The number of carbonyl (C=O) groups excluding carboxylic acids is 1. The second kappa shape index (κ2) is 6.89. The number of hydrogen-bond acceptors (Lipinski definition) is 5. The van der Waals surface area contributed by atoms with Crippen LogP contribution in [0.4, 0.5) is 13.2 Å². The summed E-state index contributed by atoms with van der Waals surface area (Å²) in [5.41, 5.74) is -5.65. The SMILES string of the molecule is CC(C)OC(=O)c1n(C)cc[n+]1C.O=S(=O)([O-])C(F)(F)F. The Bertz CT molecular complexity index is 573. The van der Waals surface area contributed by atoms with E-state index in [4.69, 9.17) is 17.7 Å². The lowest BCUT2D eigenvalue weighted by atomic mass is 10.5. The fraction of sp³-hybridized carbons (Fsp3) is 0.600. The molecule has 21 heavy (non-hydrogen) atoms. The van der Waals surface area contributed by atoms with Gasteiger partial charge in [-0.25, -0.2) is 22.3 Å². The molecule has 0 atom stereocenters. The molecular formula is C10H15F3N2O5S. The van der Waals surface area contributed by atoms with Gasteiger partial charge in [-0.2, -0.15) is 13.2 Å². The fourth-order valence-electron chi connectivity index (χ4n) is 1.14. The van der Waals surface area contributed by atoms with E-state index in [1.54, 1.807) is 9.13 Å². The van der Waals surface area contributed by atoms with Crippen molar-refractivity contribution in [3.63, 3.8) is 0 Å². The van der Waals surface area contributed by atoms with Gasteiger partial charge in [-0.05, 0) is 13.8 Å². The van der Waals surface area contributed by atoms with Crippen LogP contribution >= 0.6 is 0 Å². The Kier molecular flexibility index (Phi) is 6.36. The number of aryl methyl sites for hydroxylation is 2. The number of ether oxygens (including phenoxy) is 1. The van der Waals surface area contributed by atoms with Crippen LogP contribution in [0.5, 0.6) is 0 Å². The molecule has 1 rings (SSSR count). The first kappa shape index (κ1) is 19.4. The summed E-state index contributed by atoms with van der Waals surface area (Å²) in [6, 6.07) is 0. The first-order valence-corrected chi connectivity index (χ1v) is 6.92. The number of alkyl halides is 3. The standard InChI is InChI=1S/C9H15N2O2.CHF3O3S/c1-7(2)13-9(12)8-10(3)5-6-11(8)4;2-1(3,4)8(5,6)7/h5-7H,1-4H3;(H,5,6,7)/q+1;/p-1. The van der Waals surface area contributed by atoms with Crippen molar-refractivity contribution >= 4 is 16.1 Å². The Morgan fingerprint density at radius 2 is 1.86 bits per heavy atom. The van der Waals surface area contributed by atoms with Crippen LogP contribution < -0.4 is 4.57 Å². The summed E-state index contributed by atoms with van der Waals surface area (Å²) in [5, 5.41) is 0. The molecule has 0 saturated carbocycles. The molecule has 0 N–H and O–H groups in total. The Labute approximate surface area is 119 Å². The number of esters is 1. The average Bonchev–Trinajstić information content (AvgIpc) is 2.55. The van der Waals surface area contributed by atoms with Crippen molar-refractivity contribution < 1.29 is 40.2 Å². The van der Waals surface area contributed by atoms with Gasteiger partial charge in [-0.3, -0.25) is 0 Å². The third-order valence-electron chi connectivity index (χ3n) is 1.99. The normalized spacial score (nSPS) is 11.9. The summed E-state index contributed by atoms with van der Waals surface area (Å²) in [6.45, 7) is 3.67. The van der Waals surface area contributed by atoms with Gasteiger partial charge in [-0.1, -0.05) is 0 Å². The van der Waals surface area contributed by atoms with Gasteiger partial charge in [0.1, 0.15) is 12.4 Å². The molecular weight excluding hydrogens is 317 g/mol. The maximum Gasteiger partial charge on any atom is 0.485 e. The smallest absolute Gasteiger partial charge is 0.485 e. The summed E-state index contributed by atoms with van der Waals surface area (Å²) < 4.78 is 67.5. The van der Waals surface area contributed by atoms with Gasteiger partial charge in [0.05, 0.1) is 20.2 Å². The Morgan fingerprint density at radius 1 is 1.43 bits per heavy atom. The lowest BCUT2D eigenvalue weighted by molar-refractivity contribution is -0.673. The van der Waals surface area contributed by atoms with E-state index in [1.165, 1.54) is 0 Å². The summed E-state index contributed by atoms with van der Waals surface area (Å²) in [7, 11) is -2.46. The lowest BCUT2D eigenvalue weighted by Gasteiger charge is -2.08. The monoisotopic (exact) mass is 332 g/mol. The first-order chi connectivity index (χ1) is 9.27. The minimum absolute atomic E-state index is 0.0811. The quantitative estimate of drug-likeness (QED) is 0.340. The molecule has 0 bridgehead atoms. The van der Waals surface area contributed by atoms with E-state index in [1.807, 2.05) is 40.3 Å². The van der Waals surface area contributed by atoms with Gasteiger partial charge in [-0.15, -0.1) is 0 Å². The van der Waals surface area contributed by atoms with E-state index in [0.717, 1.165) is 0 Å². The number of nitrogens with zero attached hydrogens (tertiary/aromatic N) is 2. The minimum atomic E-state index is -6.09. The molecule has 0 aliphatic heterocycles. The largest absolute Gasteiger partial charge is 0.741 e. The van der Waals surface area contributed by atoms with E-state index in [0.29, 0.717) is 5.82 Å². The van der Waals surface area contributed by atoms with E-state index in [-0.39, 0.29) is 12.1 Å². The van der Waals surface area contributed by atoms with Crippen molar-refractivity contribution in [2.24, 2.45) is 14.1 Å². The zero-order valence-electron chi connectivity index (χ0n) is 11.7. The van der Waals surface area contributed by atoms with Crippen LogP contribution in [0.3, 0.4) is 0 Å². The van der Waals surface area contributed by atoms with Gasteiger partial charge >= 0.3 is 17.3 Å². The molecule has 0 radical (unpaired) electrons. The molecule has 0 fully saturated rings. The molecule has 1 aromatic rings. The van der Waals surface area contributed by atoms with Gasteiger partial charge < -0.3 is 9.29 Å². The molecule has 0 unspecified atom stereocenters. The number of halogens is 3. The molecule has 11 heteroatoms. The summed E-state index contributed by atoms with van der Waals surface area (Å²) in [6.07, 6.45) is 3.55. The predicted octanol–water partition coefficient (Wildman–Crippen LogP) is 0.466. The number of hydrogen-bond donors (Lipinski definition) is 0. The molecule has 122 valence electrons. The zero-order valence-corrected chi connectivity index (χ0v) is 12.5. The average molecular weight is 332 g/mol. The second-order valence-electron chi connectivity index (χ2n) is 4.20. The van der Waals surface area contributed by atoms with Crippen molar-refractivity contribution in [3.05, 3.63) is 18.2 Å². The van der Waals surface area contributed by atoms with Gasteiger partial charge in [0.15, 0.2) is 10.1 Å². The Hall–Kier alpha value is -1.62. The second-order valence-corrected chi connectivity index (χ2v) is 5.57. The van der Waals surface area contributed by atoms with Crippen molar-refractivity contribution in [3.8, 4) is 0 Å². The maximum atomic E-state index is 11.5. The van der Waals surface area contributed by atoms with Crippen LogP contribution in [0.25, 0.3) is 0 Å². The third-order valence-corrected chi connectivity index (χ3v) is 2.56. The minimum Gasteiger partial charge on any atom is -0.741 e. The van der Waals surface area contributed by atoms with Crippen molar-refractivity contribution in [1.82, 2.24) is 4.57 Å². The molecule has 1 heterocycles. The van der Waals surface area contributed by atoms with Crippen LogP contribution in [0.15, 0.2) is 12.4 Å². The fourth-order valence-corrected chi connectivity index (χ4v) is 1.14. The maximum absolute atomic E-state index is 11.5. The highest BCUT2D eigenvalue weighted by atomic mass is 32.2. The van der Waals surface area contributed by atoms with E-state index in [2.05, 4.69) is 0 Å². The highest BCUT2D eigenvalue weighted by molar-refractivity contribution is 7.86. The van der Waals surface area contributed by atoms with Crippen LogP contribution in [0.2, 0.25) is 0 Å². The number of rotatable bonds is 2. The molecule has 0 spiro atoms. The van der Waals surface area contributed by atoms with E-state index >= 15 is 0 Å². The third kappa shape index (κ3) is 6.12. The van der Waals surface area contributed by atoms with Crippen LogP contribution in [-0.2, 0) is 29.0 Å². The summed E-state index contributed by atoms with van der Waals surface area (Å²) >= 11 is 0. The highest BCUT2D eigenvalue weighted by Crippen LogP contribution is 2.20. The molecule has 7 nitrogen and oxygen atoms in total. The molecule has 0 aliphatic carbocycles. The van der Waals surface area contributed by atoms with Gasteiger partial charge in [0.2, 0.25) is 0 Å². The summed E-state index contributed by atoms with van der Waals surface area (Å²) in [4.78, 5) is 11.5. The zero-order chi connectivity index (χ0) is 17.0. The molecule has 0 aliphatic rings. The van der Waals surface area contributed by atoms with Gasteiger partial charge in [0.25, 0.3) is 0 Å². The molecule has 0 aromatic carbocycles. The first-order valence-electron chi connectivity index (χ1n) is 5.51. The van der Waals surface area contributed by atoms with Crippen LogP contribution in [0.1, 0.15) is 24.5 Å². The predicted molar refractivity (Wildman–Crippen MR) is 62.9 cm³/mol. The molecule has 0 amide bonds. The summed E-state index contributed by atoms with van der Waals surface area (Å²) in [5.74, 6) is 0.263. The van der Waals surface area contributed by atoms with Crippen LogP contribution in [0, 0.1) is 0 Å². The Morgan fingerprint density at radius 3 is 2.10 bits per heavy atom. The number of carbonyl (C=O) groups is 1. The molecule has 0 saturated heterocycles. The van der Waals surface area contributed by atoms with Crippen LogP contribution in [-0.4, -0.2) is 35.1 Å². The number of imidazole rings is 1. The van der Waals surface area contributed by atoms with E-state index in [9.17, 15) is 18.0 Å². The van der Waals surface area contributed by atoms with Crippen molar-refractivity contribution in [2.75, 3.05) is 0 Å². The van der Waals surface area contributed by atoms with E-state index < -0.39 is 15.6 Å². The van der Waals surface area contributed by atoms with Crippen molar-refractivity contribution in [2.45, 2.75) is 25.5 Å².